The SMILES string of the molecule is O=C1CCCC(C2CCCN2)C1=O. The molecule has 1 N–H and O–H groups in total. The zero-order chi connectivity index (χ0) is 9.26. The van der Waals surface area contributed by atoms with Crippen LogP contribution in [0.15, 0.2) is 0 Å². The van der Waals surface area contributed by atoms with E-state index in [1.807, 2.05) is 0 Å². The van der Waals surface area contributed by atoms with Crippen LogP contribution < -0.4 is 5.32 Å². The standard InChI is InChI=1S/C10H15NO2/c12-9-5-1-3-7(10(9)13)8-4-2-6-11-8/h7-8,11H,1-6H2. The van der Waals surface area contributed by atoms with Gasteiger partial charge in [-0.3, -0.25) is 9.59 Å². The average molecular weight is 181 g/mol. The van der Waals surface area contributed by atoms with Gasteiger partial charge in [-0.1, -0.05) is 0 Å². The van der Waals surface area contributed by atoms with Gasteiger partial charge in [0, 0.05) is 18.4 Å². The van der Waals surface area contributed by atoms with E-state index in [9.17, 15) is 9.59 Å². The van der Waals surface area contributed by atoms with Crippen molar-refractivity contribution >= 4 is 11.6 Å². The van der Waals surface area contributed by atoms with Crippen LogP contribution in [-0.4, -0.2) is 24.2 Å². The molecule has 2 atom stereocenters. The lowest BCUT2D eigenvalue weighted by Crippen LogP contribution is -2.41. The van der Waals surface area contributed by atoms with Crippen molar-refractivity contribution in [2.24, 2.45) is 5.92 Å². The van der Waals surface area contributed by atoms with E-state index in [1.54, 1.807) is 0 Å². The highest BCUT2D eigenvalue weighted by Crippen LogP contribution is 2.25. The van der Waals surface area contributed by atoms with Crippen molar-refractivity contribution in [3.05, 3.63) is 0 Å². The van der Waals surface area contributed by atoms with Crippen molar-refractivity contribution < 1.29 is 9.59 Å². The van der Waals surface area contributed by atoms with Crippen molar-refractivity contribution in [3.63, 3.8) is 0 Å². The Morgan fingerprint density at radius 3 is 2.69 bits per heavy atom. The Morgan fingerprint density at radius 1 is 1.15 bits per heavy atom. The molecule has 1 heterocycles. The molecule has 0 radical (unpaired) electrons. The summed E-state index contributed by atoms with van der Waals surface area (Å²) in [6.45, 7) is 1.00. The Balaban J connectivity index is 2.04. The average Bonchev–Trinajstić information content (AvgIpc) is 2.62. The predicted octanol–water partition coefficient (Wildman–Crippen LogP) is 0.677. The molecule has 3 heteroatoms. The predicted molar refractivity (Wildman–Crippen MR) is 48.4 cm³/mol. The second kappa shape index (κ2) is 3.58. The van der Waals surface area contributed by atoms with Crippen LogP contribution in [-0.2, 0) is 9.59 Å². The third-order valence-corrected chi connectivity index (χ3v) is 3.11. The van der Waals surface area contributed by atoms with Gasteiger partial charge >= 0.3 is 0 Å². The van der Waals surface area contributed by atoms with Gasteiger partial charge < -0.3 is 5.32 Å². The smallest absolute Gasteiger partial charge is 0.202 e. The van der Waals surface area contributed by atoms with E-state index in [0.29, 0.717) is 6.42 Å². The largest absolute Gasteiger partial charge is 0.313 e. The van der Waals surface area contributed by atoms with Gasteiger partial charge in [0.05, 0.1) is 0 Å². The van der Waals surface area contributed by atoms with E-state index in [2.05, 4.69) is 5.32 Å². The molecule has 0 aromatic heterocycles. The Bertz CT molecular complexity index is 231. The first kappa shape index (κ1) is 8.88. The van der Waals surface area contributed by atoms with Crippen molar-refractivity contribution in [1.29, 1.82) is 0 Å². The molecule has 0 spiro atoms. The number of ketones is 2. The number of nitrogens with one attached hydrogen (secondary N) is 1. The van der Waals surface area contributed by atoms with Crippen LogP contribution in [0.1, 0.15) is 32.1 Å². The number of carbonyl (C=O) groups excluding carboxylic acids is 2. The lowest BCUT2D eigenvalue weighted by Gasteiger charge is -2.24. The number of hydrogen-bond acceptors (Lipinski definition) is 3. The summed E-state index contributed by atoms with van der Waals surface area (Å²) in [5.74, 6) is -0.278. The molecule has 0 aromatic rings. The van der Waals surface area contributed by atoms with Crippen molar-refractivity contribution in [2.45, 2.75) is 38.1 Å². The zero-order valence-electron chi connectivity index (χ0n) is 7.71. The molecule has 0 aromatic carbocycles. The van der Waals surface area contributed by atoms with Crippen LogP contribution in [0.3, 0.4) is 0 Å². The summed E-state index contributed by atoms with van der Waals surface area (Å²) in [5.41, 5.74) is 0. The highest BCUT2D eigenvalue weighted by Gasteiger charge is 2.36. The van der Waals surface area contributed by atoms with Gasteiger partial charge in [-0.2, -0.15) is 0 Å². The first-order valence-electron chi connectivity index (χ1n) is 5.09. The van der Waals surface area contributed by atoms with E-state index in [-0.39, 0.29) is 23.5 Å². The molecule has 0 amide bonds. The van der Waals surface area contributed by atoms with E-state index in [4.69, 9.17) is 0 Å². The minimum absolute atomic E-state index is 0.0104. The minimum atomic E-state index is -0.148. The van der Waals surface area contributed by atoms with E-state index >= 15 is 0 Å². The van der Waals surface area contributed by atoms with Crippen LogP contribution in [0.2, 0.25) is 0 Å². The van der Waals surface area contributed by atoms with E-state index in [1.165, 1.54) is 0 Å². The van der Waals surface area contributed by atoms with Gasteiger partial charge in [-0.05, 0) is 32.2 Å². The summed E-state index contributed by atoms with van der Waals surface area (Å²) in [7, 11) is 0. The third kappa shape index (κ3) is 1.66. The lowest BCUT2D eigenvalue weighted by molar-refractivity contribution is -0.141. The van der Waals surface area contributed by atoms with Crippen LogP contribution in [0.25, 0.3) is 0 Å². The molecule has 3 nitrogen and oxygen atoms in total. The molecular weight excluding hydrogens is 166 g/mol. The molecule has 2 aliphatic rings. The second-order valence-corrected chi connectivity index (χ2v) is 3.99. The van der Waals surface area contributed by atoms with Crippen molar-refractivity contribution in [3.8, 4) is 0 Å². The second-order valence-electron chi connectivity index (χ2n) is 3.99. The summed E-state index contributed by atoms with van der Waals surface area (Å²) in [6.07, 6.45) is 4.48. The molecule has 1 aliphatic heterocycles. The summed E-state index contributed by atoms with van der Waals surface area (Å²) >= 11 is 0. The summed E-state index contributed by atoms with van der Waals surface area (Å²) in [6, 6.07) is 0.289. The number of hydrogen-bond donors (Lipinski definition) is 1. The topological polar surface area (TPSA) is 46.2 Å². The molecule has 2 unspecified atom stereocenters. The highest BCUT2D eigenvalue weighted by molar-refractivity contribution is 6.38. The highest BCUT2D eigenvalue weighted by atomic mass is 16.2. The molecule has 2 rings (SSSR count). The van der Waals surface area contributed by atoms with Crippen LogP contribution in [0, 0.1) is 5.92 Å². The fourth-order valence-electron chi connectivity index (χ4n) is 2.38. The Kier molecular flexibility index (Phi) is 2.44. The number of rotatable bonds is 1. The lowest BCUT2D eigenvalue weighted by atomic mass is 9.81. The molecule has 1 aliphatic carbocycles. The maximum absolute atomic E-state index is 11.5. The van der Waals surface area contributed by atoms with Gasteiger partial charge in [0.1, 0.15) is 0 Å². The van der Waals surface area contributed by atoms with E-state index in [0.717, 1.165) is 32.2 Å². The summed E-state index contributed by atoms with van der Waals surface area (Å²) in [4.78, 5) is 22.7. The summed E-state index contributed by atoms with van der Waals surface area (Å²) < 4.78 is 0. The van der Waals surface area contributed by atoms with Crippen LogP contribution >= 0.6 is 0 Å². The Labute approximate surface area is 77.9 Å². The molecule has 13 heavy (non-hydrogen) atoms. The molecule has 0 bridgehead atoms. The van der Waals surface area contributed by atoms with Crippen molar-refractivity contribution in [2.75, 3.05) is 6.54 Å². The third-order valence-electron chi connectivity index (χ3n) is 3.11. The van der Waals surface area contributed by atoms with Crippen LogP contribution in [0.5, 0.6) is 0 Å². The first-order valence-corrected chi connectivity index (χ1v) is 5.09. The molecule has 72 valence electrons. The normalized spacial score (nSPS) is 35.4. The van der Waals surface area contributed by atoms with Gasteiger partial charge in [0.15, 0.2) is 5.78 Å². The van der Waals surface area contributed by atoms with Gasteiger partial charge in [-0.25, -0.2) is 0 Å². The first-order chi connectivity index (χ1) is 6.29. The molecule has 1 saturated heterocycles. The van der Waals surface area contributed by atoms with Gasteiger partial charge in [0.25, 0.3) is 0 Å². The van der Waals surface area contributed by atoms with Crippen LogP contribution in [0.4, 0.5) is 0 Å². The maximum atomic E-state index is 11.5. The van der Waals surface area contributed by atoms with Gasteiger partial charge in [0.2, 0.25) is 5.78 Å². The maximum Gasteiger partial charge on any atom is 0.202 e. The number of Topliss-reactive ketones (excluding diaryl/α,β-unsaturated/α-hetero) is 2. The zero-order valence-corrected chi connectivity index (χ0v) is 7.71. The Hall–Kier alpha value is -0.700. The quantitative estimate of drug-likeness (QED) is 0.605. The summed E-state index contributed by atoms with van der Waals surface area (Å²) in [5, 5.41) is 3.30. The molecule has 2 fully saturated rings. The molecular formula is C10H15NO2. The monoisotopic (exact) mass is 181 g/mol. The fourth-order valence-corrected chi connectivity index (χ4v) is 2.38. The molecule has 1 saturated carbocycles. The number of carbonyl (C=O) groups is 2. The van der Waals surface area contributed by atoms with Gasteiger partial charge in [-0.15, -0.1) is 0 Å². The van der Waals surface area contributed by atoms with E-state index < -0.39 is 0 Å². The van der Waals surface area contributed by atoms with Crippen molar-refractivity contribution in [1.82, 2.24) is 5.32 Å². The Morgan fingerprint density at radius 2 is 2.00 bits per heavy atom. The fraction of sp³-hybridized carbons (Fsp3) is 0.800. The minimum Gasteiger partial charge on any atom is -0.313 e.